The van der Waals surface area contributed by atoms with E-state index in [9.17, 15) is 13.2 Å². The van der Waals surface area contributed by atoms with Crippen molar-refractivity contribution in [3.8, 4) is 0 Å². The third-order valence-corrected chi connectivity index (χ3v) is 3.61. The molecule has 0 aliphatic rings. The summed E-state index contributed by atoms with van der Waals surface area (Å²) in [6.07, 6.45) is 0.151. The molecular formula is C14H12BrF3N2. The molecule has 0 saturated carbocycles. The van der Waals surface area contributed by atoms with Gasteiger partial charge in [0.1, 0.15) is 5.82 Å². The fourth-order valence-corrected chi connectivity index (χ4v) is 2.32. The Morgan fingerprint density at radius 2 is 1.85 bits per heavy atom. The van der Waals surface area contributed by atoms with Gasteiger partial charge in [0, 0.05) is 0 Å². The summed E-state index contributed by atoms with van der Waals surface area (Å²) in [5.74, 6) is 3.25. The SMILES string of the molecule is NNC(Cc1cccc(F)c1F)c1ccc(F)c(Br)c1. The van der Waals surface area contributed by atoms with Crippen molar-refractivity contribution in [3.63, 3.8) is 0 Å². The van der Waals surface area contributed by atoms with E-state index in [4.69, 9.17) is 5.84 Å². The molecular weight excluding hydrogens is 333 g/mol. The van der Waals surface area contributed by atoms with Crippen molar-refractivity contribution in [2.24, 2.45) is 5.84 Å². The van der Waals surface area contributed by atoms with E-state index >= 15 is 0 Å². The summed E-state index contributed by atoms with van der Waals surface area (Å²) in [6.45, 7) is 0. The second-order valence-corrected chi connectivity index (χ2v) is 5.16. The minimum Gasteiger partial charge on any atom is -0.271 e. The Morgan fingerprint density at radius 1 is 1.10 bits per heavy atom. The fourth-order valence-electron chi connectivity index (χ4n) is 1.93. The molecule has 0 radical (unpaired) electrons. The minimum absolute atomic E-state index is 0.151. The highest BCUT2D eigenvalue weighted by Gasteiger charge is 2.16. The Bertz CT molecular complexity index is 619. The van der Waals surface area contributed by atoms with E-state index < -0.39 is 23.5 Å². The van der Waals surface area contributed by atoms with Crippen molar-refractivity contribution in [1.29, 1.82) is 0 Å². The van der Waals surface area contributed by atoms with Crippen LogP contribution < -0.4 is 11.3 Å². The van der Waals surface area contributed by atoms with Gasteiger partial charge in [0.25, 0.3) is 0 Å². The number of hydrogen-bond donors (Lipinski definition) is 2. The van der Waals surface area contributed by atoms with Crippen molar-refractivity contribution in [2.45, 2.75) is 12.5 Å². The predicted octanol–water partition coefficient (Wildman–Crippen LogP) is 3.61. The number of hydrazine groups is 1. The number of nitrogens with one attached hydrogen (secondary N) is 1. The second-order valence-electron chi connectivity index (χ2n) is 4.31. The zero-order valence-corrected chi connectivity index (χ0v) is 11.9. The molecule has 0 amide bonds. The highest BCUT2D eigenvalue weighted by atomic mass is 79.9. The molecule has 2 aromatic rings. The standard InChI is InChI=1S/C14H12BrF3N2/c15-10-6-8(4-5-11(10)16)13(20-19)7-9-2-1-3-12(17)14(9)18/h1-6,13,20H,7,19H2. The number of hydrogen-bond acceptors (Lipinski definition) is 2. The maximum Gasteiger partial charge on any atom is 0.162 e. The van der Waals surface area contributed by atoms with Gasteiger partial charge in [-0.05, 0) is 51.7 Å². The lowest BCUT2D eigenvalue weighted by molar-refractivity contribution is 0.481. The zero-order valence-electron chi connectivity index (χ0n) is 10.3. The van der Waals surface area contributed by atoms with Crippen molar-refractivity contribution in [2.75, 3.05) is 0 Å². The summed E-state index contributed by atoms with van der Waals surface area (Å²) in [5, 5.41) is 0. The van der Waals surface area contributed by atoms with Crippen LogP contribution in [0.1, 0.15) is 17.2 Å². The van der Waals surface area contributed by atoms with Crippen LogP contribution in [-0.2, 0) is 6.42 Å². The molecule has 0 heterocycles. The molecule has 0 spiro atoms. The van der Waals surface area contributed by atoms with E-state index in [1.807, 2.05) is 0 Å². The molecule has 0 aliphatic carbocycles. The molecule has 0 saturated heterocycles. The molecule has 2 rings (SSSR count). The summed E-state index contributed by atoms with van der Waals surface area (Å²) < 4.78 is 40.3. The topological polar surface area (TPSA) is 38.0 Å². The lowest BCUT2D eigenvalue weighted by Crippen LogP contribution is -2.30. The highest BCUT2D eigenvalue weighted by Crippen LogP contribution is 2.24. The van der Waals surface area contributed by atoms with Gasteiger partial charge in [-0.2, -0.15) is 0 Å². The number of rotatable bonds is 4. The normalized spacial score (nSPS) is 12.4. The molecule has 6 heteroatoms. The van der Waals surface area contributed by atoms with E-state index in [0.29, 0.717) is 5.56 Å². The maximum absolute atomic E-state index is 13.6. The van der Waals surface area contributed by atoms with Gasteiger partial charge in [-0.1, -0.05) is 18.2 Å². The van der Waals surface area contributed by atoms with Crippen molar-refractivity contribution in [1.82, 2.24) is 5.43 Å². The van der Waals surface area contributed by atoms with Gasteiger partial charge in [-0.15, -0.1) is 0 Å². The van der Waals surface area contributed by atoms with E-state index in [1.165, 1.54) is 18.2 Å². The minimum atomic E-state index is -0.904. The van der Waals surface area contributed by atoms with Gasteiger partial charge >= 0.3 is 0 Å². The van der Waals surface area contributed by atoms with Crippen LogP contribution in [0.2, 0.25) is 0 Å². The monoisotopic (exact) mass is 344 g/mol. The molecule has 20 heavy (non-hydrogen) atoms. The zero-order chi connectivity index (χ0) is 14.7. The molecule has 3 N–H and O–H groups in total. The third-order valence-electron chi connectivity index (χ3n) is 3.00. The van der Waals surface area contributed by atoms with Gasteiger partial charge in [-0.25, -0.2) is 13.2 Å². The number of benzene rings is 2. The second kappa shape index (κ2) is 6.39. The molecule has 1 unspecified atom stereocenters. The third kappa shape index (κ3) is 3.20. The van der Waals surface area contributed by atoms with Crippen LogP contribution in [0.3, 0.4) is 0 Å². The fraction of sp³-hybridized carbons (Fsp3) is 0.143. The molecule has 0 bridgehead atoms. The van der Waals surface area contributed by atoms with Gasteiger partial charge in [0.05, 0.1) is 10.5 Å². The van der Waals surface area contributed by atoms with Crippen LogP contribution in [0.4, 0.5) is 13.2 Å². The first-order chi connectivity index (χ1) is 9.52. The van der Waals surface area contributed by atoms with E-state index in [-0.39, 0.29) is 16.5 Å². The molecule has 0 fully saturated rings. The molecule has 0 aliphatic heterocycles. The maximum atomic E-state index is 13.6. The van der Waals surface area contributed by atoms with Crippen molar-refractivity contribution >= 4 is 15.9 Å². The summed E-state index contributed by atoms with van der Waals surface area (Å²) in [4.78, 5) is 0. The highest BCUT2D eigenvalue weighted by molar-refractivity contribution is 9.10. The first kappa shape index (κ1) is 15.0. The van der Waals surface area contributed by atoms with Gasteiger partial charge < -0.3 is 0 Å². The number of halogens is 4. The lowest BCUT2D eigenvalue weighted by atomic mass is 9.99. The molecule has 106 valence electrons. The van der Waals surface area contributed by atoms with Crippen molar-refractivity contribution < 1.29 is 13.2 Å². The Hall–Kier alpha value is -1.37. The number of nitrogens with two attached hydrogens (primary N) is 1. The van der Waals surface area contributed by atoms with E-state index in [2.05, 4.69) is 21.4 Å². The average molecular weight is 345 g/mol. The van der Waals surface area contributed by atoms with Gasteiger partial charge in [0.15, 0.2) is 11.6 Å². The largest absolute Gasteiger partial charge is 0.271 e. The first-order valence-corrected chi connectivity index (χ1v) is 6.66. The van der Waals surface area contributed by atoms with Crippen LogP contribution in [-0.4, -0.2) is 0 Å². The smallest absolute Gasteiger partial charge is 0.162 e. The summed E-state index contributed by atoms with van der Waals surface area (Å²) >= 11 is 3.08. The Balaban J connectivity index is 2.28. The van der Waals surface area contributed by atoms with Crippen molar-refractivity contribution in [3.05, 3.63) is 69.4 Å². The summed E-state index contributed by atoms with van der Waals surface area (Å²) in [6, 6.07) is 7.90. The van der Waals surface area contributed by atoms with Gasteiger partial charge in [-0.3, -0.25) is 11.3 Å². The van der Waals surface area contributed by atoms with E-state index in [1.54, 1.807) is 12.1 Å². The molecule has 1 atom stereocenters. The summed E-state index contributed by atoms with van der Waals surface area (Å²) in [5.41, 5.74) is 3.40. The average Bonchev–Trinajstić information content (AvgIpc) is 2.44. The van der Waals surface area contributed by atoms with E-state index in [0.717, 1.165) is 6.07 Å². The van der Waals surface area contributed by atoms with Crippen LogP contribution in [0.5, 0.6) is 0 Å². The Morgan fingerprint density at radius 3 is 2.50 bits per heavy atom. The van der Waals surface area contributed by atoms with Crippen LogP contribution >= 0.6 is 15.9 Å². The lowest BCUT2D eigenvalue weighted by Gasteiger charge is -2.17. The van der Waals surface area contributed by atoms with Crippen LogP contribution in [0.15, 0.2) is 40.9 Å². The Labute approximate surface area is 122 Å². The molecule has 2 aromatic carbocycles. The van der Waals surface area contributed by atoms with Crippen LogP contribution in [0, 0.1) is 17.5 Å². The first-order valence-electron chi connectivity index (χ1n) is 5.87. The molecule has 2 nitrogen and oxygen atoms in total. The predicted molar refractivity (Wildman–Crippen MR) is 74.2 cm³/mol. The molecule has 0 aromatic heterocycles. The van der Waals surface area contributed by atoms with Crippen LogP contribution in [0.25, 0.3) is 0 Å². The van der Waals surface area contributed by atoms with Gasteiger partial charge in [0.2, 0.25) is 0 Å². The Kier molecular flexibility index (Phi) is 4.80. The summed E-state index contributed by atoms with van der Waals surface area (Å²) in [7, 11) is 0. The quantitative estimate of drug-likeness (QED) is 0.656.